The molecule has 26 heavy (non-hydrogen) atoms. The molecule has 0 amide bonds. The van der Waals surface area contributed by atoms with Gasteiger partial charge in [-0.1, -0.05) is 0 Å². The molecule has 4 unspecified atom stereocenters. The van der Waals surface area contributed by atoms with Crippen molar-refractivity contribution in [1.29, 1.82) is 0 Å². The number of aliphatic hydroxyl groups is 3. The van der Waals surface area contributed by atoms with E-state index in [-0.39, 0.29) is 18.6 Å². The first-order chi connectivity index (χ1) is 12.6. The van der Waals surface area contributed by atoms with Gasteiger partial charge in [-0.15, -0.1) is 0 Å². The summed E-state index contributed by atoms with van der Waals surface area (Å²) in [5.41, 5.74) is 1.71. The van der Waals surface area contributed by atoms with Gasteiger partial charge in [-0.05, 0) is 55.1 Å². The smallest absolute Gasteiger partial charge is 0.119 e. The first-order valence-electron chi connectivity index (χ1n) is 9.26. The van der Waals surface area contributed by atoms with Crippen molar-refractivity contribution in [2.24, 2.45) is 11.8 Å². The molecule has 140 valence electrons. The van der Waals surface area contributed by atoms with Crippen LogP contribution in [0.1, 0.15) is 24.5 Å². The topological polar surface area (TPSA) is 86.1 Å². The zero-order valence-electron chi connectivity index (χ0n) is 15.0. The van der Waals surface area contributed by atoms with Crippen LogP contribution < -0.4 is 4.74 Å². The van der Waals surface area contributed by atoms with Gasteiger partial charge in [-0.25, -0.2) is 0 Å². The molecule has 2 bridgehead atoms. The van der Waals surface area contributed by atoms with Gasteiger partial charge in [0.25, 0.3) is 0 Å². The Morgan fingerprint density at radius 3 is 2.85 bits per heavy atom. The zero-order chi connectivity index (χ0) is 18.3. The SMILES string of the molecule is COc1ccc2nccc(C(O)[C@H]3CC4CCN3C[C@@H]4C(O)CO)c2c1. The Morgan fingerprint density at radius 1 is 1.31 bits per heavy atom. The number of aliphatic hydroxyl groups excluding tert-OH is 3. The first kappa shape index (κ1) is 17.7. The molecule has 2 aromatic rings. The van der Waals surface area contributed by atoms with E-state index in [0.717, 1.165) is 48.1 Å². The molecule has 3 aliphatic rings. The highest BCUT2D eigenvalue weighted by Crippen LogP contribution is 2.42. The van der Waals surface area contributed by atoms with Gasteiger partial charge in [-0.2, -0.15) is 0 Å². The molecule has 6 nitrogen and oxygen atoms in total. The first-order valence-corrected chi connectivity index (χ1v) is 9.26. The Hall–Kier alpha value is -1.73. The van der Waals surface area contributed by atoms with E-state index in [1.54, 1.807) is 13.3 Å². The van der Waals surface area contributed by atoms with Gasteiger partial charge in [0.1, 0.15) is 5.75 Å². The van der Waals surface area contributed by atoms with E-state index in [1.807, 2.05) is 24.3 Å². The highest BCUT2D eigenvalue weighted by atomic mass is 16.5. The van der Waals surface area contributed by atoms with E-state index in [1.165, 1.54) is 0 Å². The molecule has 4 heterocycles. The van der Waals surface area contributed by atoms with Crippen molar-refractivity contribution in [3.05, 3.63) is 36.0 Å². The van der Waals surface area contributed by atoms with E-state index < -0.39 is 12.2 Å². The number of piperidine rings is 3. The third-order valence-corrected chi connectivity index (χ3v) is 6.20. The Labute approximate surface area is 153 Å². The molecule has 0 radical (unpaired) electrons. The lowest BCUT2D eigenvalue weighted by Gasteiger charge is -2.52. The predicted octanol–water partition coefficient (Wildman–Crippen LogP) is 1.34. The molecule has 0 aliphatic carbocycles. The van der Waals surface area contributed by atoms with Crippen molar-refractivity contribution in [3.63, 3.8) is 0 Å². The van der Waals surface area contributed by atoms with Gasteiger partial charge in [-0.3, -0.25) is 9.88 Å². The maximum Gasteiger partial charge on any atom is 0.119 e. The minimum Gasteiger partial charge on any atom is -0.497 e. The normalized spacial score (nSPS) is 30.3. The van der Waals surface area contributed by atoms with Crippen molar-refractivity contribution in [3.8, 4) is 5.75 Å². The number of methoxy groups -OCH3 is 1. The summed E-state index contributed by atoms with van der Waals surface area (Å²) in [6.45, 7) is 1.45. The standard InChI is InChI=1S/C20H26N2O4/c1-26-13-2-3-17-15(9-13)14(4-6-21-17)20(25)18-8-12-5-7-22(18)10-16(12)19(24)11-23/h2-4,6,9,12,16,18-20,23-25H,5,7-8,10-11H2,1H3/t12?,16-,18+,19?,20?/m0/s1. The van der Waals surface area contributed by atoms with Gasteiger partial charge in [0.15, 0.2) is 0 Å². The van der Waals surface area contributed by atoms with E-state index in [0.29, 0.717) is 5.92 Å². The van der Waals surface area contributed by atoms with Gasteiger partial charge >= 0.3 is 0 Å². The third kappa shape index (κ3) is 2.97. The van der Waals surface area contributed by atoms with Crippen LogP contribution in [0.5, 0.6) is 5.75 Å². The second-order valence-electron chi connectivity index (χ2n) is 7.49. The summed E-state index contributed by atoms with van der Waals surface area (Å²) in [7, 11) is 1.63. The molecule has 1 aromatic heterocycles. The molecule has 0 saturated carbocycles. The molecule has 1 aromatic carbocycles. The van der Waals surface area contributed by atoms with Crippen molar-refractivity contribution >= 4 is 10.9 Å². The molecule has 6 atom stereocenters. The Kier molecular flexibility index (Phi) is 4.84. The fourth-order valence-electron chi connectivity index (χ4n) is 4.75. The maximum absolute atomic E-state index is 11.2. The second kappa shape index (κ2) is 7.12. The number of ether oxygens (including phenoxy) is 1. The third-order valence-electron chi connectivity index (χ3n) is 6.20. The summed E-state index contributed by atoms with van der Waals surface area (Å²) in [6, 6.07) is 7.61. The molecule has 3 N–H and O–H groups in total. The lowest BCUT2D eigenvalue weighted by molar-refractivity contribution is -0.0970. The average molecular weight is 358 g/mol. The van der Waals surface area contributed by atoms with E-state index >= 15 is 0 Å². The van der Waals surface area contributed by atoms with E-state index in [4.69, 9.17) is 4.74 Å². The number of pyridine rings is 1. The second-order valence-corrected chi connectivity index (χ2v) is 7.49. The van der Waals surface area contributed by atoms with Crippen LogP contribution in [0.3, 0.4) is 0 Å². The fraction of sp³-hybridized carbons (Fsp3) is 0.550. The van der Waals surface area contributed by atoms with Gasteiger partial charge in [0, 0.05) is 30.1 Å². The van der Waals surface area contributed by atoms with E-state index in [2.05, 4.69) is 9.88 Å². The summed E-state index contributed by atoms with van der Waals surface area (Å²) in [5.74, 6) is 1.17. The van der Waals surface area contributed by atoms with Crippen LogP contribution in [0, 0.1) is 11.8 Å². The number of aromatic nitrogens is 1. The quantitative estimate of drug-likeness (QED) is 0.748. The van der Waals surface area contributed by atoms with Crippen LogP contribution in [0.2, 0.25) is 0 Å². The van der Waals surface area contributed by atoms with Gasteiger partial charge in [0.2, 0.25) is 0 Å². The lowest BCUT2D eigenvalue weighted by atomic mass is 9.71. The van der Waals surface area contributed by atoms with Crippen molar-refractivity contribution in [2.75, 3.05) is 26.8 Å². The summed E-state index contributed by atoms with van der Waals surface area (Å²) in [5, 5.41) is 31.5. The predicted molar refractivity (Wildman–Crippen MR) is 97.9 cm³/mol. The number of benzene rings is 1. The maximum atomic E-state index is 11.2. The average Bonchev–Trinajstić information content (AvgIpc) is 2.71. The monoisotopic (exact) mass is 358 g/mol. The largest absolute Gasteiger partial charge is 0.497 e. The van der Waals surface area contributed by atoms with Crippen molar-refractivity contribution in [2.45, 2.75) is 31.1 Å². The van der Waals surface area contributed by atoms with Gasteiger partial charge < -0.3 is 20.1 Å². The number of nitrogens with zero attached hydrogens (tertiary/aromatic N) is 2. The molecule has 0 spiro atoms. The summed E-state index contributed by atoms with van der Waals surface area (Å²) in [4.78, 5) is 6.66. The molecular weight excluding hydrogens is 332 g/mol. The molecule has 3 aliphatic heterocycles. The number of rotatable bonds is 5. The van der Waals surface area contributed by atoms with Crippen LogP contribution in [0.15, 0.2) is 30.5 Å². The van der Waals surface area contributed by atoms with Crippen molar-refractivity contribution < 1.29 is 20.1 Å². The summed E-state index contributed by atoms with van der Waals surface area (Å²) in [6.07, 6.45) is 2.28. The Bertz CT molecular complexity index is 783. The number of fused-ring (bicyclic) bond motifs is 4. The molecule has 6 heteroatoms. The minimum atomic E-state index is -0.674. The zero-order valence-corrected chi connectivity index (χ0v) is 15.0. The fourth-order valence-corrected chi connectivity index (χ4v) is 4.75. The van der Waals surface area contributed by atoms with Crippen molar-refractivity contribution in [1.82, 2.24) is 9.88 Å². The highest BCUT2D eigenvalue weighted by molar-refractivity contribution is 5.83. The van der Waals surface area contributed by atoms with Crippen LogP contribution in [0.25, 0.3) is 10.9 Å². The van der Waals surface area contributed by atoms with Crippen LogP contribution in [-0.2, 0) is 0 Å². The lowest BCUT2D eigenvalue weighted by Crippen LogP contribution is -2.58. The summed E-state index contributed by atoms with van der Waals surface area (Å²) >= 11 is 0. The molecule has 3 saturated heterocycles. The van der Waals surface area contributed by atoms with Crippen LogP contribution in [0.4, 0.5) is 0 Å². The highest BCUT2D eigenvalue weighted by Gasteiger charge is 2.45. The van der Waals surface area contributed by atoms with E-state index in [9.17, 15) is 15.3 Å². The summed E-state index contributed by atoms with van der Waals surface area (Å²) < 4.78 is 5.33. The number of hydrogen-bond acceptors (Lipinski definition) is 6. The molecule has 5 rings (SSSR count). The number of hydrogen-bond donors (Lipinski definition) is 3. The molecule has 3 fully saturated rings. The van der Waals surface area contributed by atoms with Crippen LogP contribution >= 0.6 is 0 Å². The Balaban J connectivity index is 1.63. The van der Waals surface area contributed by atoms with Crippen LogP contribution in [-0.4, -0.2) is 64.2 Å². The van der Waals surface area contributed by atoms with Gasteiger partial charge in [0.05, 0.1) is 31.4 Å². The Morgan fingerprint density at radius 2 is 2.15 bits per heavy atom. The minimum absolute atomic E-state index is 0.0210. The molecular formula is C20H26N2O4.